The lowest BCUT2D eigenvalue weighted by Crippen LogP contribution is -2.15. The van der Waals surface area contributed by atoms with Crippen molar-refractivity contribution in [2.45, 2.75) is 31.8 Å². The van der Waals surface area contributed by atoms with Crippen molar-refractivity contribution in [2.75, 3.05) is 17.7 Å². The van der Waals surface area contributed by atoms with Crippen LogP contribution < -0.4 is 10.9 Å². The van der Waals surface area contributed by atoms with Crippen LogP contribution in [0.4, 0.5) is 5.69 Å². The molecule has 0 saturated heterocycles. The van der Waals surface area contributed by atoms with Gasteiger partial charge in [-0.15, -0.1) is 10.2 Å². The van der Waals surface area contributed by atoms with Gasteiger partial charge in [0.15, 0.2) is 5.16 Å². The zero-order chi connectivity index (χ0) is 21.0. The summed E-state index contributed by atoms with van der Waals surface area (Å²) >= 11 is 1.22. The lowest BCUT2D eigenvalue weighted by atomic mass is 10.1. The lowest BCUT2D eigenvalue weighted by molar-refractivity contribution is -0.113. The van der Waals surface area contributed by atoms with Crippen LogP contribution in [0.15, 0.2) is 40.3 Å². The molecule has 0 aliphatic rings. The van der Waals surface area contributed by atoms with E-state index in [0.29, 0.717) is 28.8 Å². The van der Waals surface area contributed by atoms with Crippen molar-refractivity contribution in [1.29, 1.82) is 0 Å². The normalized spacial score (nSPS) is 11.0. The Morgan fingerprint density at radius 1 is 1.24 bits per heavy atom. The van der Waals surface area contributed by atoms with Gasteiger partial charge in [-0.2, -0.15) is 0 Å². The fraction of sp³-hybridized carbons (Fsp3) is 0.316. The van der Waals surface area contributed by atoms with Crippen molar-refractivity contribution in [1.82, 2.24) is 19.6 Å². The lowest BCUT2D eigenvalue weighted by Gasteiger charge is -2.10. The summed E-state index contributed by atoms with van der Waals surface area (Å²) in [6.45, 7) is 5.98. The Morgan fingerprint density at radius 3 is 2.62 bits per heavy atom. The number of fused-ring (bicyclic) bond motifs is 1. The fourth-order valence-electron chi connectivity index (χ4n) is 2.68. The van der Waals surface area contributed by atoms with Crippen molar-refractivity contribution in [3.05, 3.63) is 51.9 Å². The number of hydrogen-bond acceptors (Lipinski definition) is 7. The van der Waals surface area contributed by atoms with Gasteiger partial charge in [-0.1, -0.05) is 25.6 Å². The van der Waals surface area contributed by atoms with Crippen LogP contribution in [0.2, 0.25) is 0 Å². The number of rotatable bonds is 7. The first kappa shape index (κ1) is 20.6. The maximum Gasteiger partial charge on any atom is 0.338 e. The minimum absolute atomic E-state index is 0.0851. The minimum Gasteiger partial charge on any atom is -0.462 e. The maximum atomic E-state index is 12.3. The third kappa shape index (κ3) is 4.83. The Balaban J connectivity index is 1.67. The van der Waals surface area contributed by atoms with E-state index >= 15 is 0 Å². The number of ether oxygens (including phenoxy) is 1. The van der Waals surface area contributed by atoms with Crippen molar-refractivity contribution >= 4 is 35.1 Å². The molecule has 2 N–H and O–H groups in total. The van der Waals surface area contributed by atoms with Gasteiger partial charge in [0.1, 0.15) is 0 Å². The summed E-state index contributed by atoms with van der Waals surface area (Å²) in [4.78, 5) is 38.4. The summed E-state index contributed by atoms with van der Waals surface area (Å²) in [6.07, 6.45) is 0. The van der Waals surface area contributed by atoms with Crippen molar-refractivity contribution in [3.63, 3.8) is 0 Å². The molecule has 0 saturated carbocycles. The number of thioether (sulfide) groups is 1. The van der Waals surface area contributed by atoms with E-state index < -0.39 is 5.97 Å². The van der Waals surface area contributed by atoms with Crippen LogP contribution in [0, 0.1) is 0 Å². The summed E-state index contributed by atoms with van der Waals surface area (Å²) in [5, 5.41) is 11.4. The van der Waals surface area contributed by atoms with E-state index in [9.17, 15) is 14.4 Å². The molecule has 3 rings (SSSR count). The van der Waals surface area contributed by atoms with E-state index in [1.54, 1.807) is 35.6 Å². The van der Waals surface area contributed by atoms with Crippen molar-refractivity contribution < 1.29 is 14.3 Å². The zero-order valence-corrected chi connectivity index (χ0v) is 17.1. The molecule has 0 atom stereocenters. The Labute approximate surface area is 170 Å². The number of nitrogens with zero attached hydrogens (tertiary/aromatic N) is 3. The number of esters is 1. The Bertz CT molecular complexity index is 1090. The number of carbonyl (C=O) groups is 2. The van der Waals surface area contributed by atoms with Crippen molar-refractivity contribution in [3.8, 4) is 0 Å². The minimum atomic E-state index is -0.404. The maximum absolute atomic E-state index is 12.3. The average molecular weight is 415 g/mol. The molecule has 2 aromatic heterocycles. The third-order valence-electron chi connectivity index (χ3n) is 4.01. The molecule has 0 aliphatic carbocycles. The Morgan fingerprint density at radius 2 is 1.97 bits per heavy atom. The second-order valence-corrected chi connectivity index (χ2v) is 7.43. The van der Waals surface area contributed by atoms with E-state index in [4.69, 9.17) is 4.74 Å². The topological polar surface area (TPSA) is 118 Å². The van der Waals surface area contributed by atoms with E-state index in [2.05, 4.69) is 20.5 Å². The molecular weight excluding hydrogens is 394 g/mol. The molecule has 2 heterocycles. The van der Waals surface area contributed by atoms with Crippen LogP contribution in [0.3, 0.4) is 0 Å². The Hall–Kier alpha value is -3.14. The highest BCUT2D eigenvalue weighted by atomic mass is 32.2. The summed E-state index contributed by atoms with van der Waals surface area (Å²) in [7, 11) is 0. The highest BCUT2D eigenvalue weighted by molar-refractivity contribution is 7.99. The summed E-state index contributed by atoms with van der Waals surface area (Å²) in [6, 6.07) is 7.98. The first-order chi connectivity index (χ1) is 13.9. The molecule has 0 spiro atoms. The molecule has 0 aliphatic heterocycles. The summed E-state index contributed by atoms with van der Waals surface area (Å²) < 4.78 is 6.68. The standard InChI is InChI=1S/C19H21N5O4S/c1-4-28-17(27)12-5-7-13(8-6-12)20-16(26)10-29-19-23-22-18-21-15(25)9-14(11(2)3)24(18)19/h5-9,11H,4,10H2,1-3H3,(H,20,26)(H,21,22,25). The molecule has 9 nitrogen and oxygen atoms in total. The monoisotopic (exact) mass is 415 g/mol. The smallest absolute Gasteiger partial charge is 0.338 e. The van der Waals surface area contributed by atoms with Gasteiger partial charge in [-0.25, -0.2) is 4.79 Å². The van der Waals surface area contributed by atoms with E-state index in [1.165, 1.54) is 17.8 Å². The molecule has 1 amide bonds. The Kier molecular flexibility index (Phi) is 6.32. The second-order valence-electron chi connectivity index (χ2n) is 6.49. The van der Waals surface area contributed by atoms with Gasteiger partial charge in [0.25, 0.3) is 5.56 Å². The van der Waals surface area contributed by atoms with Crippen LogP contribution in [-0.4, -0.2) is 43.8 Å². The summed E-state index contributed by atoms with van der Waals surface area (Å²) in [5.74, 6) is -0.0952. The SMILES string of the molecule is CCOC(=O)c1ccc(NC(=O)CSc2nnc3[nH]c(=O)cc(C(C)C)n23)cc1. The number of H-pyrrole nitrogens is 1. The third-order valence-corrected chi connectivity index (χ3v) is 4.94. The van der Waals surface area contributed by atoms with Crippen molar-refractivity contribution in [2.24, 2.45) is 0 Å². The first-order valence-electron chi connectivity index (χ1n) is 9.07. The highest BCUT2D eigenvalue weighted by Crippen LogP contribution is 2.21. The molecular formula is C19H21N5O4S. The quantitative estimate of drug-likeness (QED) is 0.449. The molecule has 0 radical (unpaired) electrons. The number of nitrogens with one attached hydrogen (secondary N) is 2. The predicted octanol–water partition coefficient (Wildman–Crippen LogP) is 2.45. The molecule has 29 heavy (non-hydrogen) atoms. The fourth-order valence-corrected chi connectivity index (χ4v) is 3.43. The molecule has 3 aromatic rings. The molecule has 152 valence electrons. The number of hydrogen-bond donors (Lipinski definition) is 2. The van der Waals surface area contributed by atoms with Gasteiger partial charge in [-0.05, 0) is 37.1 Å². The summed E-state index contributed by atoms with van der Waals surface area (Å²) in [5.41, 5.74) is 1.52. The van der Waals surface area contributed by atoms with Gasteiger partial charge < -0.3 is 10.1 Å². The molecule has 0 bridgehead atoms. The number of carbonyl (C=O) groups excluding carboxylic acids is 2. The van der Waals surface area contributed by atoms with Crippen LogP contribution in [0.1, 0.15) is 42.7 Å². The molecule has 1 aromatic carbocycles. The van der Waals surface area contributed by atoms with E-state index in [-0.39, 0.29) is 23.1 Å². The molecule has 0 fully saturated rings. The predicted molar refractivity (Wildman–Crippen MR) is 109 cm³/mol. The number of anilines is 1. The number of benzene rings is 1. The largest absolute Gasteiger partial charge is 0.462 e. The number of aromatic amines is 1. The van der Waals surface area contributed by atoms with Gasteiger partial charge in [-0.3, -0.25) is 19.0 Å². The highest BCUT2D eigenvalue weighted by Gasteiger charge is 2.15. The van der Waals surface area contributed by atoms with Crippen LogP contribution in [0.5, 0.6) is 0 Å². The van der Waals surface area contributed by atoms with E-state index in [1.807, 2.05) is 13.8 Å². The molecule has 0 unspecified atom stereocenters. The zero-order valence-electron chi connectivity index (χ0n) is 16.3. The van der Waals surface area contributed by atoms with Crippen LogP contribution in [-0.2, 0) is 9.53 Å². The second kappa shape index (κ2) is 8.91. The van der Waals surface area contributed by atoms with Crippen LogP contribution in [0.25, 0.3) is 5.78 Å². The van der Waals surface area contributed by atoms with Gasteiger partial charge >= 0.3 is 5.97 Å². The average Bonchev–Trinajstić information content (AvgIpc) is 3.09. The number of amides is 1. The van der Waals surface area contributed by atoms with Gasteiger partial charge in [0.2, 0.25) is 11.7 Å². The van der Waals surface area contributed by atoms with E-state index in [0.717, 1.165) is 5.69 Å². The number of aromatic nitrogens is 4. The first-order valence-corrected chi connectivity index (χ1v) is 10.1. The van der Waals surface area contributed by atoms with Crippen LogP contribution >= 0.6 is 11.8 Å². The van der Waals surface area contributed by atoms with Gasteiger partial charge in [0, 0.05) is 17.4 Å². The van der Waals surface area contributed by atoms with Gasteiger partial charge in [0.05, 0.1) is 17.9 Å². The molecule has 10 heteroatoms.